The summed E-state index contributed by atoms with van der Waals surface area (Å²) in [6, 6.07) is 26.7. The molecule has 8 nitrogen and oxygen atoms in total. The highest BCUT2D eigenvalue weighted by Crippen LogP contribution is 2.28. The van der Waals surface area contributed by atoms with Gasteiger partial charge in [0.1, 0.15) is 11.5 Å². The summed E-state index contributed by atoms with van der Waals surface area (Å²) in [5.41, 5.74) is 4.98. The lowest BCUT2D eigenvalue weighted by molar-refractivity contribution is -0.122. The fourth-order valence-electron chi connectivity index (χ4n) is 5.80. The maximum atomic E-state index is 13.7. The van der Waals surface area contributed by atoms with Crippen LogP contribution in [0.3, 0.4) is 0 Å². The highest BCUT2D eigenvalue weighted by molar-refractivity contribution is 6.34. The summed E-state index contributed by atoms with van der Waals surface area (Å²) in [7, 11) is 0. The molecule has 2 atom stereocenters. The van der Waals surface area contributed by atoms with Gasteiger partial charge in [0, 0.05) is 24.6 Å². The topological polar surface area (TPSA) is 119 Å². The summed E-state index contributed by atoms with van der Waals surface area (Å²) in [6.45, 7) is 6.87. The standard InChI is InChI=1S/C38H42ClN5O3/c1-25-3-9-30(10-4-25)26(2)42-24-33-12-14-36(47-33)31-11-13-35(39)34(21-31)38(46)44-32(19-27-5-7-29(22-40)8-6-27)23-43-37(45)20-28-15-17-41-18-16-28/h3-14,21,26,28,32,41-42H,15-20,23-24H2,1-2H3,(H,43,45)(H,44,46)/t26-,32-/m1/s1. The first-order chi connectivity index (χ1) is 22.8. The second-order valence-corrected chi connectivity index (χ2v) is 12.8. The molecule has 1 aromatic heterocycles. The smallest absolute Gasteiger partial charge is 0.253 e. The van der Waals surface area contributed by atoms with Crippen LogP contribution >= 0.6 is 11.6 Å². The largest absolute Gasteiger partial charge is 0.460 e. The van der Waals surface area contributed by atoms with Crippen molar-refractivity contribution in [1.82, 2.24) is 21.3 Å². The molecule has 1 aliphatic heterocycles. The number of nitrogens with zero attached hydrogens (tertiary/aromatic N) is 1. The van der Waals surface area contributed by atoms with E-state index in [1.54, 1.807) is 24.3 Å². The molecule has 0 aliphatic carbocycles. The van der Waals surface area contributed by atoms with E-state index < -0.39 is 6.04 Å². The van der Waals surface area contributed by atoms with Crippen LogP contribution in [0, 0.1) is 24.2 Å². The molecule has 9 heteroatoms. The van der Waals surface area contributed by atoms with Gasteiger partial charge in [-0.05, 0) is 106 Å². The fraction of sp³-hybridized carbons (Fsp3) is 0.342. The van der Waals surface area contributed by atoms with Crippen LogP contribution in [0.15, 0.2) is 83.3 Å². The second-order valence-electron chi connectivity index (χ2n) is 12.4. The molecule has 244 valence electrons. The number of carbonyl (C=O) groups is 2. The summed E-state index contributed by atoms with van der Waals surface area (Å²) >= 11 is 6.54. The minimum absolute atomic E-state index is 0.0209. The van der Waals surface area contributed by atoms with E-state index in [1.807, 2.05) is 30.3 Å². The zero-order chi connectivity index (χ0) is 33.2. The molecule has 1 aliphatic rings. The lowest BCUT2D eigenvalue weighted by Gasteiger charge is -2.23. The molecule has 0 bridgehead atoms. The third kappa shape index (κ3) is 9.79. The number of nitrogens with one attached hydrogen (secondary N) is 4. The number of amides is 2. The van der Waals surface area contributed by atoms with Crippen LogP contribution < -0.4 is 21.3 Å². The normalized spacial score (nSPS) is 14.6. The molecule has 4 N–H and O–H groups in total. The predicted molar refractivity (Wildman–Crippen MR) is 185 cm³/mol. The summed E-state index contributed by atoms with van der Waals surface area (Å²) in [4.78, 5) is 26.5. The molecule has 4 aromatic rings. The van der Waals surface area contributed by atoms with Gasteiger partial charge in [0.15, 0.2) is 0 Å². The Hall–Kier alpha value is -4.42. The first-order valence-corrected chi connectivity index (χ1v) is 16.6. The van der Waals surface area contributed by atoms with Crippen LogP contribution in [0.2, 0.25) is 5.02 Å². The SMILES string of the molecule is Cc1ccc([C@@H](C)NCc2ccc(-c3ccc(Cl)c(C(=O)N[C@@H](CNC(=O)CC4CCNCC4)Cc4ccc(C#N)cc4)c3)o2)cc1. The summed E-state index contributed by atoms with van der Waals surface area (Å²) < 4.78 is 6.14. The number of carbonyl (C=O) groups excluding carboxylic acids is 2. The monoisotopic (exact) mass is 651 g/mol. The Morgan fingerprint density at radius 1 is 1.02 bits per heavy atom. The Labute approximate surface area is 281 Å². The van der Waals surface area contributed by atoms with Crippen molar-refractivity contribution < 1.29 is 14.0 Å². The minimum Gasteiger partial charge on any atom is -0.460 e. The number of nitriles is 1. The molecule has 2 amide bonds. The van der Waals surface area contributed by atoms with Gasteiger partial charge >= 0.3 is 0 Å². The van der Waals surface area contributed by atoms with E-state index in [4.69, 9.17) is 16.0 Å². The van der Waals surface area contributed by atoms with Crippen molar-refractivity contribution in [2.45, 2.75) is 58.2 Å². The molecule has 3 aromatic carbocycles. The quantitative estimate of drug-likeness (QED) is 0.131. The van der Waals surface area contributed by atoms with Crippen molar-refractivity contribution in [3.8, 4) is 17.4 Å². The minimum atomic E-state index is -0.399. The number of aryl methyl sites for hydroxylation is 1. The van der Waals surface area contributed by atoms with Crippen LogP contribution in [0.5, 0.6) is 0 Å². The van der Waals surface area contributed by atoms with E-state index >= 15 is 0 Å². The second kappa shape index (κ2) is 16.4. The van der Waals surface area contributed by atoms with Gasteiger partial charge in [-0.25, -0.2) is 0 Å². The Morgan fingerprint density at radius 3 is 2.49 bits per heavy atom. The Kier molecular flexibility index (Phi) is 11.9. The molecule has 5 rings (SSSR count). The van der Waals surface area contributed by atoms with E-state index in [1.165, 1.54) is 11.1 Å². The Morgan fingerprint density at radius 2 is 1.77 bits per heavy atom. The van der Waals surface area contributed by atoms with Crippen LogP contribution in [0.4, 0.5) is 0 Å². The molecule has 47 heavy (non-hydrogen) atoms. The fourth-order valence-corrected chi connectivity index (χ4v) is 6.01. The molecule has 0 saturated carbocycles. The number of hydrogen-bond donors (Lipinski definition) is 4. The van der Waals surface area contributed by atoms with Gasteiger partial charge in [0.25, 0.3) is 5.91 Å². The van der Waals surface area contributed by atoms with Gasteiger partial charge in [-0.15, -0.1) is 0 Å². The third-order valence-electron chi connectivity index (χ3n) is 8.70. The van der Waals surface area contributed by atoms with Crippen molar-refractivity contribution in [3.63, 3.8) is 0 Å². The third-order valence-corrected chi connectivity index (χ3v) is 9.03. The van der Waals surface area contributed by atoms with E-state index in [0.29, 0.717) is 47.2 Å². The molecule has 1 fully saturated rings. The Bertz CT molecular complexity index is 1690. The zero-order valence-electron chi connectivity index (χ0n) is 26.9. The van der Waals surface area contributed by atoms with Crippen molar-refractivity contribution >= 4 is 23.4 Å². The van der Waals surface area contributed by atoms with Gasteiger partial charge in [-0.3, -0.25) is 9.59 Å². The predicted octanol–water partition coefficient (Wildman–Crippen LogP) is 6.48. The van der Waals surface area contributed by atoms with Gasteiger partial charge in [-0.2, -0.15) is 5.26 Å². The van der Waals surface area contributed by atoms with E-state index in [2.05, 4.69) is 65.4 Å². The molecule has 0 spiro atoms. The lowest BCUT2D eigenvalue weighted by Crippen LogP contribution is -2.45. The Balaban J connectivity index is 1.25. The van der Waals surface area contributed by atoms with E-state index in [0.717, 1.165) is 42.8 Å². The number of furan rings is 1. The van der Waals surface area contributed by atoms with Crippen LogP contribution in [-0.2, 0) is 17.8 Å². The zero-order valence-corrected chi connectivity index (χ0v) is 27.7. The van der Waals surface area contributed by atoms with Crippen LogP contribution in [0.25, 0.3) is 11.3 Å². The van der Waals surface area contributed by atoms with Gasteiger partial charge in [0.05, 0.1) is 34.8 Å². The maximum Gasteiger partial charge on any atom is 0.253 e. The number of piperidine rings is 1. The first-order valence-electron chi connectivity index (χ1n) is 16.2. The molecule has 0 radical (unpaired) electrons. The maximum absolute atomic E-state index is 13.7. The van der Waals surface area contributed by atoms with Gasteiger partial charge < -0.3 is 25.7 Å². The van der Waals surface area contributed by atoms with Crippen molar-refractivity contribution in [3.05, 3.63) is 117 Å². The molecule has 2 heterocycles. The summed E-state index contributed by atoms with van der Waals surface area (Å²) in [5, 5.41) is 22.5. The molecule has 0 unspecified atom stereocenters. The first kappa shape index (κ1) is 33.9. The van der Waals surface area contributed by atoms with Crippen molar-refractivity contribution in [1.29, 1.82) is 5.26 Å². The molecular weight excluding hydrogens is 610 g/mol. The van der Waals surface area contributed by atoms with Crippen molar-refractivity contribution in [2.24, 2.45) is 5.92 Å². The van der Waals surface area contributed by atoms with Crippen LogP contribution in [-0.4, -0.2) is 37.5 Å². The van der Waals surface area contributed by atoms with E-state index in [-0.39, 0.29) is 24.4 Å². The number of halogens is 1. The number of hydrogen-bond acceptors (Lipinski definition) is 6. The highest BCUT2D eigenvalue weighted by atomic mass is 35.5. The van der Waals surface area contributed by atoms with Gasteiger partial charge in [0.2, 0.25) is 5.91 Å². The number of benzene rings is 3. The van der Waals surface area contributed by atoms with Crippen molar-refractivity contribution in [2.75, 3.05) is 19.6 Å². The summed E-state index contributed by atoms with van der Waals surface area (Å²) in [6.07, 6.45) is 2.90. The lowest BCUT2D eigenvalue weighted by atomic mass is 9.94. The number of rotatable bonds is 13. The molecule has 1 saturated heterocycles. The van der Waals surface area contributed by atoms with E-state index in [9.17, 15) is 14.9 Å². The average Bonchev–Trinajstić information content (AvgIpc) is 3.56. The van der Waals surface area contributed by atoms with Gasteiger partial charge in [-0.1, -0.05) is 53.6 Å². The van der Waals surface area contributed by atoms with Crippen LogP contribution in [0.1, 0.15) is 70.6 Å². The molecular formula is C38H42ClN5O3. The highest BCUT2D eigenvalue weighted by Gasteiger charge is 2.21. The average molecular weight is 652 g/mol. The summed E-state index contributed by atoms with van der Waals surface area (Å²) in [5.74, 6) is 1.41.